The lowest BCUT2D eigenvalue weighted by molar-refractivity contribution is -0.139. The standard InChI is InChI=1S/C15H20N2O4/c18-10-7-13(14(19)20)16-15(21)17-8-5-11-3-1-2-4-12(11)6-9-17/h1-4,13,18H,5-10H2,(H,16,21)(H,19,20)/t13-/m1/s1. The molecule has 0 aliphatic carbocycles. The molecule has 0 unspecified atom stereocenters. The van der Waals surface area contributed by atoms with Gasteiger partial charge in [0, 0.05) is 26.1 Å². The molecule has 1 aromatic rings. The fourth-order valence-corrected chi connectivity index (χ4v) is 2.50. The number of nitrogens with one attached hydrogen (secondary N) is 1. The number of urea groups is 1. The van der Waals surface area contributed by atoms with Crippen molar-refractivity contribution in [1.82, 2.24) is 10.2 Å². The van der Waals surface area contributed by atoms with Crippen LogP contribution in [0.2, 0.25) is 0 Å². The van der Waals surface area contributed by atoms with Crippen molar-refractivity contribution in [2.24, 2.45) is 0 Å². The number of carbonyl (C=O) groups excluding carboxylic acids is 1. The Kier molecular flexibility index (Phi) is 5.16. The van der Waals surface area contributed by atoms with E-state index in [1.807, 2.05) is 12.1 Å². The molecule has 6 heteroatoms. The largest absolute Gasteiger partial charge is 0.480 e. The van der Waals surface area contributed by atoms with E-state index in [1.165, 1.54) is 11.1 Å². The Bertz CT molecular complexity index is 491. The summed E-state index contributed by atoms with van der Waals surface area (Å²) in [6.07, 6.45) is 1.54. The number of carboxylic acids is 1. The molecule has 1 aliphatic rings. The molecule has 1 aromatic carbocycles. The minimum absolute atomic E-state index is 0.00907. The molecule has 0 aromatic heterocycles. The Morgan fingerprint density at radius 1 is 1.19 bits per heavy atom. The lowest BCUT2D eigenvalue weighted by Crippen LogP contribution is -2.49. The van der Waals surface area contributed by atoms with Gasteiger partial charge in [0.2, 0.25) is 0 Å². The van der Waals surface area contributed by atoms with Crippen LogP contribution < -0.4 is 5.32 Å². The minimum atomic E-state index is -1.13. The molecule has 0 saturated heterocycles. The van der Waals surface area contributed by atoms with Crippen LogP contribution in [0.15, 0.2) is 24.3 Å². The van der Waals surface area contributed by atoms with Crippen LogP contribution in [-0.4, -0.2) is 52.9 Å². The summed E-state index contributed by atoms with van der Waals surface area (Å²) in [6, 6.07) is 6.65. The van der Waals surface area contributed by atoms with Gasteiger partial charge in [0.25, 0.3) is 0 Å². The quantitative estimate of drug-likeness (QED) is 0.759. The van der Waals surface area contributed by atoms with E-state index in [0.717, 1.165) is 12.8 Å². The van der Waals surface area contributed by atoms with Crippen molar-refractivity contribution in [3.8, 4) is 0 Å². The summed E-state index contributed by atoms with van der Waals surface area (Å²) in [5.41, 5.74) is 2.47. The predicted molar refractivity (Wildman–Crippen MR) is 77.1 cm³/mol. The number of aliphatic carboxylic acids is 1. The SMILES string of the molecule is O=C(O)[C@@H](CCO)NC(=O)N1CCc2ccccc2CC1. The first-order valence-electron chi connectivity index (χ1n) is 7.07. The summed E-state index contributed by atoms with van der Waals surface area (Å²) in [5.74, 6) is -1.13. The number of rotatable bonds is 4. The third-order valence-electron chi connectivity index (χ3n) is 3.72. The van der Waals surface area contributed by atoms with Crippen molar-refractivity contribution in [3.05, 3.63) is 35.4 Å². The second-order valence-electron chi connectivity index (χ2n) is 5.11. The first-order valence-corrected chi connectivity index (χ1v) is 7.07. The lowest BCUT2D eigenvalue weighted by atomic mass is 10.0. The Balaban J connectivity index is 1.97. The summed E-state index contributed by atoms with van der Waals surface area (Å²) in [6.45, 7) is 0.852. The zero-order valence-corrected chi connectivity index (χ0v) is 11.8. The first-order chi connectivity index (χ1) is 10.1. The van der Waals surface area contributed by atoms with Gasteiger partial charge in [-0.05, 0) is 24.0 Å². The van der Waals surface area contributed by atoms with Gasteiger partial charge in [-0.1, -0.05) is 24.3 Å². The van der Waals surface area contributed by atoms with Gasteiger partial charge < -0.3 is 20.4 Å². The highest BCUT2D eigenvalue weighted by atomic mass is 16.4. The van der Waals surface area contributed by atoms with Crippen molar-refractivity contribution < 1.29 is 19.8 Å². The zero-order valence-electron chi connectivity index (χ0n) is 11.8. The van der Waals surface area contributed by atoms with Crippen LogP contribution in [0.1, 0.15) is 17.5 Å². The molecule has 0 radical (unpaired) electrons. The Labute approximate surface area is 123 Å². The van der Waals surface area contributed by atoms with Gasteiger partial charge in [-0.2, -0.15) is 0 Å². The molecule has 1 atom stereocenters. The molecule has 1 aliphatic heterocycles. The van der Waals surface area contributed by atoms with Crippen LogP contribution in [0.3, 0.4) is 0 Å². The Hall–Kier alpha value is -2.08. The van der Waals surface area contributed by atoms with E-state index in [9.17, 15) is 9.59 Å². The van der Waals surface area contributed by atoms with Crippen molar-refractivity contribution in [3.63, 3.8) is 0 Å². The van der Waals surface area contributed by atoms with Crippen molar-refractivity contribution in [2.75, 3.05) is 19.7 Å². The first kappa shape index (κ1) is 15.3. The lowest BCUT2D eigenvalue weighted by Gasteiger charge is -2.23. The van der Waals surface area contributed by atoms with E-state index in [1.54, 1.807) is 4.90 Å². The number of benzene rings is 1. The molecule has 21 heavy (non-hydrogen) atoms. The van der Waals surface area contributed by atoms with Crippen LogP contribution in [0.25, 0.3) is 0 Å². The van der Waals surface area contributed by atoms with E-state index < -0.39 is 12.0 Å². The Morgan fingerprint density at radius 2 is 1.76 bits per heavy atom. The normalized spacial score (nSPS) is 15.8. The van der Waals surface area contributed by atoms with Gasteiger partial charge in [-0.15, -0.1) is 0 Å². The summed E-state index contributed by atoms with van der Waals surface area (Å²) in [5, 5.41) is 20.3. The number of amides is 2. The van der Waals surface area contributed by atoms with E-state index in [0.29, 0.717) is 13.1 Å². The predicted octanol–water partition coefficient (Wildman–Crippen LogP) is 0.632. The number of aliphatic hydroxyl groups excluding tert-OH is 1. The highest BCUT2D eigenvalue weighted by molar-refractivity contribution is 5.82. The number of fused-ring (bicyclic) bond motifs is 1. The molecule has 114 valence electrons. The van der Waals surface area contributed by atoms with Gasteiger partial charge in [-0.25, -0.2) is 9.59 Å². The Morgan fingerprint density at radius 3 is 2.24 bits per heavy atom. The second kappa shape index (κ2) is 7.08. The number of nitrogens with zero attached hydrogens (tertiary/aromatic N) is 1. The van der Waals surface area contributed by atoms with Gasteiger partial charge in [-0.3, -0.25) is 0 Å². The summed E-state index contributed by atoms with van der Waals surface area (Å²) in [4.78, 5) is 24.8. The van der Waals surface area contributed by atoms with Crippen LogP contribution in [0.5, 0.6) is 0 Å². The summed E-state index contributed by atoms with van der Waals surface area (Å²) < 4.78 is 0. The molecule has 3 N–H and O–H groups in total. The van der Waals surface area contributed by atoms with E-state index >= 15 is 0 Å². The number of carboxylic acid groups (broad SMARTS) is 1. The number of aliphatic hydroxyl groups is 1. The van der Waals surface area contributed by atoms with E-state index in [2.05, 4.69) is 17.4 Å². The van der Waals surface area contributed by atoms with E-state index in [-0.39, 0.29) is 19.1 Å². The monoisotopic (exact) mass is 292 g/mol. The molecular weight excluding hydrogens is 272 g/mol. The maximum Gasteiger partial charge on any atom is 0.326 e. The van der Waals surface area contributed by atoms with Crippen molar-refractivity contribution in [1.29, 1.82) is 0 Å². The highest BCUT2D eigenvalue weighted by Crippen LogP contribution is 2.15. The maximum atomic E-state index is 12.2. The van der Waals surface area contributed by atoms with Gasteiger partial charge >= 0.3 is 12.0 Å². The highest BCUT2D eigenvalue weighted by Gasteiger charge is 2.24. The fourth-order valence-electron chi connectivity index (χ4n) is 2.50. The number of carbonyl (C=O) groups is 2. The topological polar surface area (TPSA) is 89.9 Å². The molecule has 6 nitrogen and oxygen atoms in total. The van der Waals surface area contributed by atoms with Crippen LogP contribution in [0.4, 0.5) is 4.79 Å². The molecule has 0 saturated carbocycles. The van der Waals surface area contributed by atoms with Crippen LogP contribution in [0, 0.1) is 0 Å². The molecule has 0 fully saturated rings. The number of hydrogen-bond acceptors (Lipinski definition) is 3. The molecule has 1 heterocycles. The van der Waals surface area contributed by atoms with Crippen LogP contribution >= 0.6 is 0 Å². The maximum absolute atomic E-state index is 12.2. The van der Waals surface area contributed by atoms with Gasteiger partial charge in [0.15, 0.2) is 0 Å². The van der Waals surface area contributed by atoms with E-state index in [4.69, 9.17) is 10.2 Å². The molecule has 0 spiro atoms. The molecule has 2 rings (SSSR count). The zero-order chi connectivity index (χ0) is 15.2. The van der Waals surface area contributed by atoms with Crippen molar-refractivity contribution >= 4 is 12.0 Å². The molecular formula is C15H20N2O4. The van der Waals surface area contributed by atoms with Gasteiger partial charge in [0.1, 0.15) is 6.04 Å². The minimum Gasteiger partial charge on any atom is -0.480 e. The van der Waals surface area contributed by atoms with Crippen LogP contribution in [-0.2, 0) is 17.6 Å². The third kappa shape index (κ3) is 3.95. The summed E-state index contributed by atoms with van der Waals surface area (Å²) in [7, 11) is 0. The average molecular weight is 292 g/mol. The van der Waals surface area contributed by atoms with Gasteiger partial charge in [0.05, 0.1) is 0 Å². The summed E-state index contributed by atoms with van der Waals surface area (Å²) >= 11 is 0. The smallest absolute Gasteiger partial charge is 0.326 e. The average Bonchev–Trinajstić information content (AvgIpc) is 2.69. The fraction of sp³-hybridized carbons (Fsp3) is 0.467. The molecule has 0 bridgehead atoms. The van der Waals surface area contributed by atoms with Crippen molar-refractivity contribution in [2.45, 2.75) is 25.3 Å². The second-order valence-corrected chi connectivity index (χ2v) is 5.11. The number of hydrogen-bond donors (Lipinski definition) is 3. The molecule has 2 amide bonds. The third-order valence-corrected chi connectivity index (χ3v) is 3.72.